The summed E-state index contributed by atoms with van der Waals surface area (Å²) in [5.41, 5.74) is 4.20. The van der Waals surface area contributed by atoms with Crippen molar-refractivity contribution in [2.45, 2.75) is 160 Å². The number of hydrogen-bond acceptors (Lipinski definition) is 11. The number of carbonyl (C=O) groups excluding carboxylic acids is 1. The minimum absolute atomic E-state index is 0.0342. The van der Waals surface area contributed by atoms with Crippen molar-refractivity contribution < 1.29 is 48.6 Å². The van der Waals surface area contributed by atoms with Crippen molar-refractivity contribution in [1.82, 2.24) is 4.90 Å². The van der Waals surface area contributed by atoms with Crippen LogP contribution in [-0.2, 0) is 19.0 Å². The van der Waals surface area contributed by atoms with Gasteiger partial charge in [-0.3, -0.25) is 4.90 Å². The van der Waals surface area contributed by atoms with Gasteiger partial charge in [-0.25, -0.2) is 4.79 Å². The van der Waals surface area contributed by atoms with E-state index in [4.69, 9.17) is 33.7 Å². The summed E-state index contributed by atoms with van der Waals surface area (Å²) in [4.78, 5) is 22.9. The Morgan fingerprint density at radius 1 is 0.792 bits per heavy atom. The first-order chi connectivity index (χ1) is 35.1. The normalized spacial score (nSPS) is 21.8. The Bertz CT molecular complexity index is 2140. The molecule has 1 amide bonds. The molecule has 1 fully saturated rings. The zero-order valence-corrected chi connectivity index (χ0v) is 43.9. The van der Waals surface area contributed by atoms with Gasteiger partial charge in [0.25, 0.3) is 0 Å². The van der Waals surface area contributed by atoms with Gasteiger partial charge in [0.05, 0.1) is 44.7 Å². The molecule has 6 rings (SSSR count). The van der Waals surface area contributed by atoms with E-state index in [0.29, 0.717) is 35.8 Å². The fourth-order valence-corrected chi connectivity index (χ4v) is 10.9. The van der Waals surface area contributed by atoms with Crippen LogP contribution < -0.4 is 9.47 Å². The predicted molar refractivity (Wildman–Crippen MR) is 286 cm³/mol. The first-order valence-corrected chi connectivity index (χ1v) is 27.3. The highest BCUT2D eigenvalue weighted by Gasteiger charge is 2.65. The van der Waals surface area contributed by atoms with Crippen LogP contribution >= 0.6 is 0 Å². The molecular weight excluding hydrogens is 909 g/mol. The Morgan fingerprint density at radius 3 is 2.12 bits per heavy atom. The van der Waals surface area contributed by atoms with Gasteiger partial charge in [0.1, 0.15) is 28.9 Å². The van der Waals surface area contributed by atoms with E-state index >= 15 is 0 Å². The lowest BCUT2D eigenvalue weighted by molar-refractivity contribution is -0.256. The molecule has 3 aromatic carbocycles. The summed E-state index contributed by atoms with van der Waals surface area (Å²) in [6, 6.07) is 23.6. The lowest BCUT2D eigenvalue weighted by atomic mass is 9.55. The van der Waals surface area contributed by atoms with Crippen LogP contribution in [0.3, 0.4) is 0 Å². The molecule has 1 saturated carbocycles. The molecule has 0 radical (unpaired) electrons. The average Bonchev–Trinajstić information content (AvgIpc) is 3.38. The number of benzene rings is 3. The number of rotatable bonds is 32. The highest BCUT2D eigenvalue weighted by Crippen LogP contribution is 2.62. The quantitative estimate of drug-likeness (QED) is 0.0313. The van der Waals surface area contributed by atoms with Crippen LogP contribution in [0.2, 0.25) is 0 Å². The van der Waals surface area contributed by atoms with E-state index in [2.05, 4.69) is 49.9 Å². The van der Waals surface area contributed by atoms with Crippen molar-refractivity contribution in [1.29, 1.82) is 0 Å². The van der Waals surface area contributed by atoms with Crippen molar-refractivity contribution in [2.24, 2.45) is 22.9 Å². The van der Waals surface area contributed by atoms with E-state index in [-0.39, 0.29) is 77.0 Å². The molecule has 72 heavy (non-hydrogen) atoms. The SMILES string of the molecule is C=CCOC12Oc3ccc(Oc4ccc(-c5ccccc5)cc4)cc3C3C(CCCCO)C(CCCCO)C=C(C(=NOC(C)(C)C)CC1N(CCOCCO)C(=O)OCCCCCCCCCCCC)C32. The van der Waals surface area contributed by atoms with Crippen LogP contribution in [0.1, 0.15) is 148 Å². The van der Waals surface area contributed by atoms with Crippen molar-refractivity contribution >= 4 is 11.8 Å². The van der Waals surface area contributed by atoms with E-state index < -0.39 is 29.4 Å². The zero-order chi connectivity index (χ0) is 51.2. The summed E-state index contributed by atoms with van der Waals surface area (Å²) >= 11 is 0. The molecule has 2 aliphatic carbocycles. The van der Waals surface area contributed by atoms with Crippen LogP contribution in [0, 0.1) is 17.8 Å². The molecule has 3 aliphatic rings. The lowest BCUT2D eigenvalue weighted by Crippen LogP contribution is -2.70. The van der Waals surface area contributed by atoms with Gasteiger partial charge in [-0.2, -0.15) is 0 Å². The molecule has 1 aliphatic heterocycles. The number of amides is 1. The molecule has 12 heteroatoms. The molecule has 0 bridgehead atoms. The third kappa shape index (κ3) is 15.7. The van der Waals surface area contributed by atoms with E-state index in [0.717, 1.165) is 67.2 Å². The molecule has 12 nitrogen and oxygen atoms in total. The molecule has 0 saturated heterocycles. The smallest absolute Gasteiger partial charge is 0.410 e. The third-order valence-corrected chi connectivity index (χ3v) is 14.3. The number of nitrogens with zero attached hydrogens (tertiary/aromatic N) is 2. The number of ether oxygens (including phenoxy) is 5. The molecule has 6 atom stereocenters. The highest BCUT2D eigenvalue weighted by atomic mass is 16.7. The minimum atomic E-state index is -1.47. The van der Waals surface area contributed by atoms with Crippen molar-refractivity contribution in [3.8, 4) is 28.4 Å². The lowest BCUT2D eigenvalue weighted by Gasteiger charge is -2.60. The Labute approximate surface area is 430 Å². The monoisotopic (exact) mass is 995 g/mol. The number of carbonyl (C=O) groups is 1. The van der Waals surface area contributed by atoms with Gasteiger partial charge >= 0.3 is 6.09 Å². The molecule has 0 spiro atoms. The van der Waals surface area contributed by atoms with E-state index in [1.807, 2.05) is 63.2 Å². The van der Waals surface area contributed by atoms with Gasteiger partial charge in [0, 0.05) is 37.7 Å². The maximum absolute atomic E-state index is 14.9. The van der Waals surface area contributed by atoms with Gasteiger partial charge in [-0.15, -0.1) is 6.58 Å². The molecule has 1 heterocycles. The second-order valence-corrected chi connectivity index (χ2v) is 20.8. The number of oxime groups is 1. The molecule has 0 aromatic heterocycles. The van der Waals surface area contributed by atoms with Crippen LogP contribution in [0.4, 0.5) is 4.79 Å². The number of allylic oxidation sites excluding steroid dienone is 1. The number of aliphatic hydroxyl groups excluding tert-OH is 3. The summed E-state index contributed by atoms with van der Waals surface area (Å²) in [6.45, 7) is 13.1. The first-order valence-electron chi connectivity index (χ1n) is 27.3. The summed E-state index contributed by atoms with van der Waals surface area (Å²) < 4.78 is 33.3. The Kier molecular flexibility index (Phi) is 23.0. The first kappa shape index (κ1) is 56.6. The maximum atomic E-state index is 14.9. The summed E-state index contributed by atoms with van der Waals surface area (Å²) in [6.07, 6.45) is 20.0. The fraction of sp³-hybridized carbons (Fsp3) is 0.600. The number of fused-ring (bicyclic) bond motifs is 2. The second kappa shape index (κ2) is 29.2. The van der Waals surface area contributed by atoms with E-state index in [1.165, 1.54) is 44.9 Å². The van der Waals surface area contributed by atoms with Crippen LogP contribution in [0.5, 0.6) is 17.2 Å². The van der Waals surface area contributed by atoms with Crippen molar-refractivity contribution in [2.75, 3.05) is 52.8 Å². The van der Waals surface area contributed by atoms with Crippen LogP contribution in [-0.4, -0.2) is 102 Å². The van der Waals surface area contributed by atoms with Crippen molar-refractivity contribution in [3.63, 3.8) is 0 Å². The average molecular weight is 995 g/mol. The maximum Gasteiger partial charge on any atom is 0.410 e. The van der Waals surface area contributed by atoms with Gasteiger partial charge in [0.15, 0.2) is 0 Å². The fourth-order valence-electron chi connectivity index (χ4n) is 10.9. The van der Waals surface area contributed by atoms with Gasteiger partial charge < -0.3 is 43.8 Å². The Morgan fingerprint density at radius 2 is 1.46 bits per heavy atom. The Hall–Kier alpha value is -4.72. The summed E-state index contributed by atoms with van der Waals surface area (Å²) in [5.74, 6) is -0.132. The zero-order valence-electron chi connectivity index (χ0n) is 43.9. The molecule has 396 valence electrons. The van der Waals surface area contributed by atoms with Gasteiger partial charge in [0.2, 0.25) is 5.79 Å². The predicted octanol–water partition coefficient (Wildman–Crippen LogP) is 12.9. The largest absolute Gasteiger partial charge is 0.459 e. The van der Waals surface area contributed by atoms with Crippen molar-refractivity contribution in [3.05, 3.63) is 103 Å². The number of unbranched alkanes of at least 4 members (excludes halogenated alkanes) is 11. The van der Waals surface area contributed by atoms with E-state index in [1.54, 1.807) is 11.0 Å². The molecule has 3 aromatic rings. The third-order valence-electron chi connectivity index (χ3n) is 14.3. The Balaban J connectivity index is 1.43. The van der Waals surface area contributed by atoms with Gasteiger partial charge in [-0.05, 0) is 112 Å². The molecule has 6 unspecified atom stereocenters. The van der Waals surface area contributed by atoms with Crippen LogP contribution in [0.15, 0.2) is 102 Å². The summed E-state index contributed by atoms with van der Waals surface area (Å²) in [5, 5.41) is 34.8. The number of aliphatic hydroxyl groups is 3. The molecule has 3 N–H and O–H groups in total. The topological polar surface area (TPSA) is 149 Å². The van der Waals surface area contributed by atoms with E-state index in [9.17, 15) is 20.1 Å². The van der Waals surface area contributed by atoms with Crippen LogP contribution in [0.25, 0.3) is 11.1 Å². The standard InChI is InChI=1S/C60H86N2O10/c1-6-8-9-10-11-12-13-14-15-23-39-68-58(66)62(34-40-67-41-37-65)55-44-53(61-72-59(3,4)5)51-42-47(26-19-21-35-63)50(27-20-22-36-64)56-52-43-49(32-33-54(52)71-60(55,57(51)56)69-38-7-2)70-48-30-28-46(29-31-48)45-24-17-16-18-25-45/h7,16-18,24-25,28-33,42-43,47,50,55-57,63-65H,2,6,8-15,19-23,26-27,34-41,44H2,1,3-5H3. The minimum Gasteiger partial charge on any atom is -0.459 e. The number of hydrogen-bond donors (Lipinski definition) is 3. The molecular formula is C60H86N2O10. The van der Waals surface area contributed by atoms with Gasteiger partial charge in [-0.1, -0.05) is 137 Å². The highest BCUT2D eigenvalue weighted by molar-refractivity contribution is 6.03. The second-order valence-electron chi connectivity index (χ2n) is 20.8. The summed E-state index contributed by atoms with van der Waals surface area (Å²) in [7, 11) is 0.